The van der Waals surface area contributed by atoms with Crippen LogP contribution in [0.1, 0.15) is 63.5 Å². The highest BCUT2D eigenvalue weighted by molar-refractivity contribution is 5.99. The Morgan fingerprint density at radius 2 is 1.51 bits per heavy atom. The molecule has 0 amide bonds. The molecule has 0 aliphatic carbocycles. The Bertz CT molecular complexity index is 1830. The van der Waals surface area contributed by atoms with E-state index in [4.69, 9.17) is 5.26 Å². The highest BCUT2D eigenvalue weighted by Gasteiger charge is 2.46. The lowest BCUT2D eigenvalue weighted by Gasteiger charge is -2.21. The second kappa shape index (κ2) is 11.3. The van der Waals surface area contributed by atoms with E-state index in [0.717, 1.165) is 29.9 Å². The highest BCUT2D eigenvalue weighted by Crippen LogP contribution is 2.38. The summed E-state index contributed by atoms with van der Waals surface area (Å²) in [6.07, 6.45) is 3.18. The maximum atomic E-state index is 14.8. The van der Waals surface area contributed by atoms with Crippen LogP contribution in [-0.4, -0.2) is 49.7 Å². The van der Waals surface area contributed by atoms with Gasteiger partial charge in [0.25, 0.3) is 0 Å². The highest BCUT2D eigenvalue weighted by atomic mass is 19.1. The van der Waals surface area contributed by atoms with E-state index >= 15 is 0 Å². The largest absolute Gasteiger partial charge is 0.391 e. The van der Waals surface area contributed by atoms with Crippen molar-refractivity contribution < 1.29 is 18.7 Å². The summed E-state index contributed by atoms with van der Waals surface area (Å²) in [7, 11) is 0. The molecule has 0 spiro atoms. The number of hydrogen-bond acceptors (Lipinski definition) is 5. The lowest BCUT2D eigenvalue weighted by atomic mass is 9.98. The second-order valence-corrected chi connectivity index (χ2v) is 11.5. The Balaban J connectivity index is 1.34. The van der Waals surface area contributed by atoms with Gasteiger partial charge < -0.3 is 14.2 Å². The average Bonchev–Trinajstić information content (AvgIpc) is 3.72. The average molecular weight is 580 g/mol. The molecule has 2 bridgehead atoms. The van der Waals surface area contributed by atoms with Gasteiger partial charge in [0.2, 0.25) is 0 Å². The smallest absolute Gasteiger partial charge is 0.178 e. The molecule has 3 atom stereocenters. The molecule has 218 valence electrons. The fourth-order valence-electron chi connectivity index (χ4n) is 6.94. The molecule has 2 aliphatic rings. The standard InChI is InChI=1S/C34H31F2N5O2/c1-20-3-6-24(40(20)27-7-4-22(17-37)30(35)14-27)9-10-26-13-29(34(43)19-39-25-11-12-32(39)33(42)16-25)21(2)41(26)28-8-5-23(18-38)31(36)15-28/h3-8,13-15,25,32-33,42H,9-12,16,19H2,1-2H3/t25?,32?,33-/m0/s1. The number of rotatable bonds is 8. The van der Waals surface area contributed by atoms with Gasteiger partial charge in [0.1, 0.15) is 23.8 Å². The number of carbonyl (C=O) groups excluding carboxylic acids is 1. The molecule has 1 N–H and O–H groups in total. The third-order valence-electron chi connectivity index (χ3n) is 9.06. The fourth-order valence-corrected chi connectivity index (χ4v) is 6.94. The van der Waals surface area contributed by atoms with Gasteiger partial charge in [-0.1, -0.05) is 0 Å². The van der Waals surface area contributed by atoms with Crippen molar-refractivity contribution in [2.75, 3.05) is 6.54 Å². The van der Waals surface area contributed by atoms with Gasteiger partial charge in [-0.3, -0.25) is 9.69 Å². The predicted octanol–water partition coefficient (Wildman–Crippen LogP) is 5.47. The lowest BCUT2D eigenvalue weighted by molar-refractivity contribution is 0.0873. The molecule has 0 saturated carbocycles. The summed E-state index contributed by atoms with van der Waals surface area (Å²) >= 11 is 0. The molecular formula is C34H31F2N5O2. The molecule has 4 aromatic rings. The van der Waals surface area contributed by atoms with Crippen LogP contribution < -0.4 is 0 Å². The Morgan fingerprint density at radius 1 is 0.884 bits per heavy atom. The van der Waals surface area contributed by atoms with Crippen molar-refractivity contribution in [1.82, 2.24) is 14.0 Å². The molecule has 7 nitrogen and oxygen atoms in total. The number of aliphatic hydroxyl groups is 1. The van der Waals surface area contributed by atoms with E-state index in [-0.39, 0.29) is 35.5 Å². The quantitative estimate of drug-likeness (QED) is 0.279. The van der Waals surface area contributed by atoms with Crippen LogP contribution in [0.5, 0.6) is 0 Å². The Labute approximate surface area is 248 Å². The number of halogens is 2. The van der Waals surface area contributed by atoms with Crippen LogP contribution in [0.15, 0.2) is 54.6 Å². The predicted molar refractivity (Wildman–Crippen MR) is 156 cm³/mol. The zero-order valence-electron chi connectivity index (χ0n) is 24.0. The molecule has 2 saturated heterocycles. The van der Waals surface area contributed by atoms with Crippen LogP contribution in [0.25, 0.3) is 11.4 Å². The van der Waals surface area contributed by atoms with E-state index in [2.05, 4.69) is 4.90 Å². The molecule has 4 heterocycles. The molecule has 0 radical (unpaired) electrons. The number of fused-ring (bicyclic) bond motifs is 2. The Hall–Kier alpha value is -4.57. The number of ketones is 1. The summed E-state index contributed by atoms with van der Waals surface area (Å²) in [4.78, 5) is 15.8. The first kappa shape index (κ1) is 28.5. The SMILES string of the molecule is Cc1ccc(CCc2cc(C(=O)CN3C4CCC3[C@@H](O)C4)c(C)n2-c2ccc(C#N)c(F)c2)n1-c1ccc(C#N)c(F)c1. The molecule has 2 aromatic carbocycles. The van der Waals surface area contributed by atoms with Gasteiger partial charge in [0.05, 0.1) is 23.8 Å². The Kier molecular flexibility index (Phi) is 7.47. The summed E-state index contributed by atoms with van der Waals surface area (Å²) in [5.41, 5.74) is 4.87. The van der Waals surface area contributed by atoms with Gasteiger partial charge >= 0.3 is 0 Å². The van der Waals surface area contributed by atoms with Gasteiger partial charge in [-0.15, -0.1) is 0 Å². The van der Waals surface area contributed by atoms with Crippen molar-refractivity contribution >= 4 is 5.78 Å². The van der Waals surface area contributed by atoms with Crippen LogP contribution in [0.4, 0.5) is 8.78 Å². The summed E-state index contributed by atoms with van der Waals surface area (Å²) in [6.45, 7) is 3.97. The van der Waals surface area contributed by atoms with Crippen LogP contribution >= 0.6 is 0 Å². The summed E-state index contributed by atoms with van der Waals surface area (Å²) in [6, 6.07) is 18.6. The van der Waals surface area contributed by atoms with E-state index in [1.807, 2.05) is 53.3 Å². The van der Waals surface area contributed by atoms with Gasteiger partial charge in [-0.25, -0.2) is 8.78 Å². The number of aromatic nitrogens is 2. The van der Waals surface area contributed by atoms with E-state index in [0.29, 0.717) is 41.9 Å². The van der Waals surface area contributed by atoms with Crippen LogP contribution in [-0.2, 0) is 12.8 Å². The molecule has 2 fully saturated rings. The van der Waals surface area contributed by atoms with Crippen molar-refractivity contribution in [1.29, 1.82) is 10.5 Å². The third-order valence-corrected chi connectivity index (χ3v) is 9.06. The van der Waals surface area contributed by atoms with E-state index < -0.39 is 17.7 Å². The van der Waals surface area contributed by atoms with Gasteiger partial charge in [0.15, 0.2) is 5.78 Å². The molecule has 6 rings (SSSR count). The number of carbonyl (C=O) groups is 1. The van der Waals surface area contributed by atoms with Crippen molar-refractivity contribution in [3.05, 3.63) is 106 Å². The molecule has 2 unspecified atom stereocenters. The monoisotopic (exact) mass is 579 g/mol. The first-order valence-corrected chi connectivity index (χ1v) is 14.5. The number of hydrogen-bond donors (Lipinski definition) is 1. The first-order valence-electron chi connectivity index (χ1n) is 14.5. The summed E-state index contributed by atoms with van der Waals surface area (Å²) in [5.74, 6) is -1.28. The van der Waals surface area contributed by atoms with Crippen molar-refractivity contribution in [3.8, 4) is 23.5 Å². The number of aliphatic hydroxyl groups excluding tert-OH is 1. The molecule has 43 heavy (non-hydrogen) atoms. The zero-order valence-corrected chi connectivity index (χ0v) is 24.0. The van der Waals surface area contributed by atoms with Gasteiger partial charge in [-0.2, -0.15) is 10.5 Å². The van der Waals surface area contributed by atoms with Gasteiger partial charge in [0, 0.05) is 51.8 Å². The number of nitrogens with zero attached hydrogens (tertiary/aromatic N) is 5. The van der Waals surface area contributed by atoms with Crippen molar-refractivity contribution in [2.24, 2.45) is 0 Å². The number of Topliss-reactive ketones (excluding diaryl/α,β-unsaturated/α-hetero) is 1. The van der Waals surface area contributed by atoms with Crippen LogP contribution in [0.2, 0.25) is 0 Å². The first-order chi connectivity index (χ1) is 20.7. The third kappa shape index (κ3) is 5.05. The number of nitriles is 2. The second-order valence-electron chi connectivity index (χ2n) is 11.5. The van der Waals surface area contributed by atoms with Gasteiger partial charge in [-0.05, 0) is 101 Å². The molecular weight excluding hydrogens is 548 g/mol. The maximum absolute atomic E-state index is 14.8. The van der Waals surface area contributed by atoms with E-state index in [9.17, 15) is 23.9 Å². The zero-order chi connectivity index (χ0) is 30.4. The number of benzene rings is 2. The molecule has 9 heteroatoms. The number of aryl methyl sites for hydroxylation is 3. The van der Waals surface area contributed by atoms with Crippen molar-refractivity contribution in [2.45, 2.75) is 64.1 Å². The Morgan fingerprint density at radius 3 is 2.07 bits per heavy atom. The topological polar surface area (TPSA) is 98.0 Å². The van der Waals surface area contributed by atoms with Crippen LogP contribution in [0.3, 0.4) is 0 Å². The minimum Gasteiger partial charge on any atom is -0.391 e. The summed E-state index contributed by atoms with van der Waals surface area (Å²) < 4.78 is 33.0. The normalized spacial score (nSPS) is 19.5. The lowest BCUT2D eigenvalue weighted by Crippen LogP contribution is -2.36. The van der Waals surface area contributed by atoms with E-state index in [1.54, 1.807) is 12.1 Å². The van der Waals surface area contributed by atoms with E-state index in [1.165, 1.54) is 24.3 Å². The maximum Gasteiger partial charge on any atom is 0.178 e. The van der Waals surface area contributed by atoms with Crippen LogP contribution in [0, 0.1) is 48.1 Å². The fraction of sp³-hybridized carbons (Fsp3) is 0.324. The minimum absolute atomic E-state index is 0.00604. The van der Waals surface area contributed by atoms with Crippen molar-refractivity contribution in [3.63, 3.8) is 0 Å². The minimum atomic E-state index is -0.637. The molecule has 2 aliphatic heterocycles. The molecule has 2 aromatic heterocycles. The summed E-state index contributed by atoms with van der Waals surface area (Å²) in [5, 5.41) is 28.7.